The van der Waals surface area contributed by atoms with E-state index in [1.807, 2.05) is 6.92 Å². The highest BCUT2D eigenvalue weighted by Gasteiger charge is 2.04. The molecule has 0 aromatic heterocycles. The number of hydrogen-bond donors (Lipinski definition) is 2. The zero-order valence-corrected chi connectivity index (χ0v) is 10.9. The molecule has 16 heavy (non-hydrogen) atoms. The molecule has 3 nitrogen and oxygen atoms in total. The number of phenols is 1. The summed E-state index contributed by atoms with van der Waals surface area (Å²) in [6.45, 7) is 1.85. The standard InChI is InChI=1S/C12H16BrNO2/c1-9-8-10(15)5-6-11(9)14-12(16)4-2-3-7-13/h5-6,8,15H,2-4,7H2,1H3,(H,14,16). The maximum Gasteiger partial charge on any atom is 0.224 e. The number of carbonyl (C=O) groups is 1. The Balaban J connectivity index is 2.49. The molecule has 0 saturated heterocycles. The van der Waals surface area contributed by atoms with Crippen LogP contribution >= 0.6 is 15.9 Å². The molecule has 1 aromatic carbocycles. The lowest BCUT2D eigenvalue weighted by molar-refractivity contribution is -0.116. The third kappa shape index (κ3) is 4.23. The highest BCUT2D eigenvalue weighted by molar-refractivity contribution is 9.09. The van der Waals surface area contributed by atoms with Crippen molar-refractivity contribution < 1.29 is 9.90 Å². The van der Waals surface area contributed by atoms with Crippen LogP contribution in [0.1, 0.15) is 24.8 Å². The number of amides is 1. The minimum Gasteiger partial charge on any atom is -0.508 e. The van der Waals surface area contributed by atoms with Gasteiger partial charge in [-0.3, -0.25) is 4.79 Å². The normalized spacial score (nSPS) is 10.1. The molecule has 0 aliphatic heterocycles. The molecule has 1 aromatic rings. The summed E-state index contributed by atoms with van der Waals surface area (Å²) in [5.74, 6) is 0.240. The molecular weight excluding hydrogens is 270 g/mol. The van der Waals surface area contributed by atoms with Gasteiger partial charge < -0.3 is 10.4 Å². The number of unbranched alkanes of at least 4 members (excludes halogenated alkanes) is 1. The Morgan fingerprint density at radius 1 is 1.44 bits per heavy atom. The zero-order valence-electron chi connectivity index (χ0n) is 9.29. The Hall–Kier alpha value is -1.03. The number of anilines is 1. The number of phenolic OH excluding ortho intramolecular Hbond substituents is 1. The number of nitrogens with one attached hydrogen (secondary N) is 1. The third-order valence-electron chi connectivity index (χ3n) is 2.27. The molecule has 2 N–H and O–H groups in total. The molecule has 0 spiro atoms. The van der Waals surface area contributed by atoms with Crippen LogP contribution in [0.25, 0.3) is 0 Å². The van der Waals surface area contributed by atoms with Crippen molar-refractivity contribution in [2.45, 2.75) is 26.2 Å². The minimum absolute atomic E-state index is 0.0229. The molecule has 0 aliphatic carbocycles. The summed E-state index contributed by atoms with van der Waals surface area (Å²) in [5.41, 5.74) is 1.63. The van der Waals surface area contributed by atoms with Crippen molar-refractivity contribution in [2.75, 3.05) is 10.6 Å². The molecule has 0 atom stereocenters. The van der Waals surface area contributed by atoms with Crippen molar-refractivity contribution in [3.63, 3.8) is 0 Å². The summed E-state index contributed by atoms with van der Waals surface area (Å²) < 4.78 is 0. The van der Waals surface area contributed by atoms with Gasteiger partial charge in [0.25, 0.3) is 0 Å². The lowest BCUT2D eigenvalue weighted by atomic mass is 10.2. The monoisotopic (exact) mass is 285 g/mol. The zero-order chi connectivity index (χ0) is 12.0. The summed E-state index contributed by atoms with van der Waals surface area (Å²) in [5, 5.41) is 13.0. The van der Waals surface area contributed by atoms with Crippen LogP contribution in [0, 0.1) is 6.92 Å². The van der Waals surface area contributed by atoms with Crippen LogP contribution in [0.15, 0.2) is 18.2 Å². The number of hydrogen-bond acceptors (Lipinski definition) is 2. The number of carbonyl (C=O) groups excluding carboxylic acids is 1. The van der Waals surface area contributed by atoms with E-state index in [9.17, 15) is 9.90 Å². The van der Waals surface area contributed by atoms with Gasteiger partial charge in [-0.05, 0) is 43.5 Å². The van der Waals surface area contributed by atoms with Crippen LogP contribution in [0.3, 0.4) is 0 Å². The van der Waals surface area contributed by atoms with E-state index < -0.39 is 0 Å². The summed E-state index contributed by atoms with van der Waals surface area (Å²) in [6.07, 6.45) is 2.42. The molecule has 0 aliphatic rings. The van der Waals surface area contributed by atoms with Gasteiger partial charge in [0.1, 0.15) is 5.75 Å². The number of aryl methyl sites for hydroxylation is 1. The maximum atomic E-state index is 11.5. The molecule has 0 unspecified atom stereocenters. The van der Waals surface area contributed by atoms with E-state index in [2.05, 4.69) is 21.2 Å². The van der Waals surface area contributed by atoms with Crippen molar-refractivity contribution in [3.05, 3.63) is 23.8 Å². The fourth-order valence-corrected chi connectivity index (χ4v) is 1.78. The molecule has 0 heterocycles. The minimum atomic E-state index is 0.0229. The molecule has 0 bridgehead atoms. The van der Waals surface area contributed by atoms with Gasteiger partial charge in [0.05, 0.1) is 0 Å². The van der Waals surface area contributed by atoms with Crippen molar-refractivity contribution >= 4 is 27.5 Å². The van der Waals surface area contributed by atoms with E-state index in [1.54, 1.807) is 18.2 Å². The third-order valence-corrected chi connectivity index (χ3v) is 2.83. The van der Waals surface area contributed by atoms with Crippen LogP contribution in [0.4, 0.5) is 5.69 Å². The molecule has 4 heteroatoms. The molecule has 88 valence electrons. The number of benzene rings is 1. The fraction of sp³-hybridized carbons (Fsp3) is 0.417. The summed E-state index contributed by atoms with van der Waals surface area (Å²) in [4.78, 5) is 11.5. The first-order chi connectivity index (χ1) is 7.63. The van der Waals surface area contributed by atoms with Crippen LogP contribution in [-0.2, 0) is 4.79 Å². The van der Waals surface area contributed by atoms with Gasteiger partial charge in [-0.25, -0.2) is 0 Å². The molecule has 1 rings (SSSR count). The second-order valence-corrected chi connectivity index (χ2v) is 4.49. The number of halogens is 1. The van der Waals surface area contributed by atoms with Gasteiger partial charge >= 0.3 is 0 Å². The topological polar surface area (TPSA) is 49.3 Å². The van der Waals surface area contributed by atoms with Gasteiger partial charge in [0.15, 0.2) is 0 Å². The van der Waals surface area contributed by atoms with Gasteiger partial charge in [-0.1, -0.05) is 15.9 Å². The smallest absolute Gasteiger partial charge is 0.224 e. The van der Waals surface area contributed by atoms with Crippen molar-refractivity contribution in [3.8, 4) is 5.75 Å². The largest absolute Gasteiger partial charge is 0.508 e. The summed E-state index contributed by atoms with van der Waals surface area (Å²) in [6, 6.07) is 4.92. The molecule has 1 amide bonds. The Morgan fingerprint density at radius 2 is 2.19 bits per heavy atom. The first-order valence-electron chi connectivity index (χ1n) is 5.29. The SMILES string of the molecule is Cc1cc(O)ccc1NC(=O)CCCCBr. The van der Waals surface area contributed by atoms with E-state index >= 15 is 0 Å². The van der Waals surface area contributed by atoms with Gasteiger partial charge in [0, 0.05) is 17.4 Å². The first-order valence-corrected chi connectivity index (χ1v) is 6.41. The van der Waals surface area contributed by atoms with Crippen molar-refractivity contribution in [1.82, 2.24) is 0 Å². The lowest BCUT2D eigenvalue weighted by Crippen LogP contribution is -2.11. The second kappa shape index (κ2) is 6.53. The summed E-state index contributed by atoms with van der Waals surface area (Å²) in [7, 11) is 0. The molecule has 0 fully saturated rings. The highest BCUT2D eigenvalue weighted by Crippen LogP contribution is 2.20. The Bertz CT molecular complexity index is 366. The average molecular weight is 286 g/mol. The number of aromatic hydroxyl groups is 1. The Labute approximate surface area is 104 Å². The van der Waals surface area contributed by atoms with E-state index in [4.69, 9.17) is 0 Å². The number of rotatable bonds is 5. The molecule has 0 saturated carbocycles. The van der Waals surface area contributed by atoms with Crippen LogP contribution in [-0.4, -0.2) is 16.3 Å². The highest BCUT2D eigenvalue weighted by atomic mass is 79.9. The molecular formula is C12H16BrNO2. The van der Waals surface area contributed by atoms with Gasteiger partial charge in [-0.2, -0.15) is 0 Å². The van der Waals surface area contributed by atoms with Crippen LogP contribution in [0.5, 0.6) is 5.75 Å². The number of alkyl halides is 1. The van der Waals surface area contributed by atoms with E-state index in [1.165, 1.54) is 0 Å². The van der Waals surface area contributed by atoms with Gasteiger partial charge in [-0.15, -0.1) is 0 Å². The Kier molecular flexibility index (Phi) is 5.32. The van der Waals surface area contributed by atoms with Gasteiger partial charge in [0.2, 0.25) is 5.91 Å². The lowest BCUT2D eigenvalue weighted by Gasteiger charge is -2.08. The van der Waals surface area contributed by atoms with Crippen LogP contribution in [0.2, 0.25) is 0 Å². The van der Waals surface area contributed by atoms with E-state index in [-0.39, 0.29) is 11.7 Å². The first kappa shape index (κ1) is 13.0. The van der Waals surface area contributed by atoms with E-state index in [0.717, 1.165) is 29.4 Å². The fourth-order valence-electron chi connectivity index (χ4n) is 1.38. The second-order valence-electron chi connectivity index (χ2n) is 3.69. The quantitative estimate of drug-likeness (QED) is 0.496. The van der Waals surface area contributed by atoms with Crippen LogP contribution < -0.4 is 5.32 Å². The predicted molar refractivity (Wildman–Crippen MR) is 69.1 cm³/mol. The molecule has 0 radical (unpaired) electrons. The Morgan fingerprint density at radius 3 is 2.81 bits per heavy atom. The summed E-state index contributed by atoms with van der Waals surface area (Å²) >= 11 is 3.33. The maximum absolute atomic E-state index is 11.5. The average Bonchev–Trinajstić information content (AvgIpc) is 2.23. The predicted octanol–water partition coefficient (Wildman–Crippen LogP) is 3.20. The van der Waals surface area contributed by atoms with E-state index in [0.29, 0.717) is 6.42 Å². The van der Waals surface area contributed by atoms with Crippen molar-refractivity contribution in [2.24, 2.45) is 0 Å². The van der Waals surface area contributed by atoms with Crippen molar-refractivity contribution in [1.29, 1.82) is 0 Å².